The number of H-pyrrole nitrogens is 1. The molecule has 24 heavy (non-hydrogen) atoms. The van der Waals surface area contributed by atoms with Gasteiger partial charge in [0.25, 0.3) is 0 Å². The summed E-state index contributed by atoms with van der Waals surface area (Å²) in [6, 6.07) is 13.4. The number of hydrogen-bond donors (Lipinski definition) is 5. The molecule has 1 heterocycles. The second-order valence-corrected chi connectivity index (χ2v) is 5.27. The van der Waals surface area contributed by atoms with Crippen LogP contribution < -0.4 is 10.5 Å². The van der Waals surface area contributed by atoms with Crippen LogP contribution in [0, 0.1) is 5.21 Å². The van der Waals surface area contributed by atoms with Gasteiger partial charge in [0.05, 0.1) is 5.52 Å². The molecule has 0 aliphatic heterocycles. The number of para-hydroxylation sites is 1. The summed E-state index contributed by atoms with van der Waals surface area (Å²) in [6.07, 6.45) is 0. The predicted octanol–water partition coefficient (Wildman–Crippen LogP) is 2.76. The van der Waals surface area contributed by atoms with Gasteiger partial charge in [0.1, 0.15) is 0 Å². The topological polar surface area (TPSA) is 120 Å². The maximum absolute atomic E-state index is 10.8. The third-order valence-electron chi connectivity index (χ3n) is 3.28. The van der Waals surface area contributed by atoms with Crippen molar-refractivity contribution in [2.45, 2.75) is 0 Å². The fraction of sp³-hybridized carbons (Fsp3) is 0. The monoisotopic (exact) mass is 343 g/mol. The molecule has 0 amide bonds. The van der Waals surface area contributed by atoms with E-state index in [1.807, 2.05) is 18.2 Å². The van der Waals surface area contributed by atoms with Crippen molar-refractivity contribution in [2.75, 3.05) is 5.32 Å². The Kier molecular flexibility index (Phi) is 4.49. The lowest BCUT2D eigenvalue weighted by molar-refractivity contribution is -0.991. The Morgan fingerprint density at radius 2 is 1.88 bits per heavy atom. The third-order valence-corrected chi connectivity index (χ3v) is 3.47. The van der Waals surface area contributed by atoms with Crippen molar-refractivity contribution in [1.29, 1.82) is 0 Å². The van der Waals surface area contributed by atoms with Crippen LogP contribution in [0.1, 0.15) is 0 Å². The molecule has 0 aliphatic carbocycles. The van der Waals surface area contributed by atoms with Crippen molar-refractivity contribution in [3.8, 4) is 5.88 Å². The summed E-state index contributed by atoms with van der Waals surface area (Å²) in [6.45, 7) is 0. The zero-order valence-electron chi connectivity index (χ0n) is 12.2. The molecule has 8 nitrogen and oxygen atoms in total. The van der Waals surface area contributed by atoms with Gasteiger partial charge in [-0.1, -0.05) is 18.2 Å². The fourth-order valence-electron chi connectivity index (χ4n) is 2.15. The van der Waals surface area contributed by atoms with Crippen molar-refractivity contribution in [1.82, 2.24) is 4.98 Å². The molecule has 0 radical (unpaired) electrons. The maximum atomic E-state index is 10.8. The molecule has 0 saturated heterocycles. The Morgan fingerprint density at radius 1 is 1.17 bits per heavy atom. The van der Waals surface area contributed by atoms with Gasteiger partial charge in [-0.3, -0.25) is 0 Å². The quantitative estimate of drug-likeness (QED) is 0.284. The molecule has 0 saturated carbocycles. The van der Waals surface area contributed by atoms with E-state index in [9.17, 15) is 10.3 Å². The first kappa shape index (κ1) is 16.0. The summed E-state index contributed by atoms with van der Waals surface area (Å²) in [5, 5.41) is 40.0. The minimum Gasteiger partial charge on any atom is -0.595 e. The van der Waals surface area contributed by atoms with Crippen LogP contribution in [0.4, 0.5) is 17.1 Å². The molecular weight excluding hydrogens is 330 g/mol. The van der Waals surface area contributed by atoms with Gasteiger partial charge in [0.15, 0.2) is 11.4 Å². The van der Waals surface area contributed by atoms with E-state index in [2.05, 4.69) is 20.5 Å². The fourth-order valence-corrected chi connectivity index (χ4v) is 2.31. The number of aromatic amines is 1. The molecule has 0 fully saturated rings. The Hall–Kier alpha value is -2.85. The van der Waals surface area contributed by atoms with Gasteiger partial charge in [-0.25, -0.2) is 5.21 Å². The molecule has 1 aromatic heterocycles. The van der Waals surface area contributed by atoms with E-state index in [0.29, 0.717) is 11.4 Å². The number of quaternary nitrogens is 1. The van der Waals surface area contributed by atoms with Gasteiger partial charge in [0.2, 0.25) is 11.0 Å². The Bertz CT molecular complexity index is 905. The highest BCUT2D eigenvalue weighted by molar-refractivity contribution is 7.80. The largest absolute Gasteiger partial charge is 0.595 e. The van der Waals surface area contributed by atoms with Crippen molar-refractivity contribution in [3.05, 3.63) is 53.7 Å². The molecule has 1 atom stereocenters. The molecular formula is C15H13N5O3S. The summed E-state index contributed by atoms with van der Waals surface area (Å²) in [5.41, 5.74) is 1.81. The van der Waals surface area contributed by atoms with Crippen LogP contribution in [0.5, 0.6) is 5.88 Å². The maximum Gasteiger partial charge on any atom is 0.218 e. The predicted molar refractivity (Wildman–Crippen MR) is 92.9 cm³/mol. The molecule has 2 aromatic carbocycles. The first-order valence-electron chi connectivity index (χ1n) is 6.90. The van der Waals surface area contributed by atoms with Crippen molar-refractivity contribution < 1.29 is 15.5 Å². The van der Waals surface area contributed by atoms with E-state index in [1.165, 1.54) is 12.1 Å². The molecule has 1 unspecified atom stereocenters. The van der Waals surface area contributed by atoms with Crippen LogP contribution in [0.3, 0.4) is 0 Å². The number of azo groups is 1. The Morgan fingerprint density at radius 3 is 2.58 bits per heavy atom. The average molecular weight is 343 g/mol. The second-order valence-electron chi connectivity index (χ2n) is 4.88. The van der Waals surface area contributed by atoms with Crippen LogP contribution in [0.2, 0.25) is 0 Å². The number of benzene rings is 2. The number of anilines is 1. The highest BCUT2D eigenvalue weighted by Gasteiger charge is 2.09. The summed E-state index contributed by atoms with van der Waals surface area (Å²) >= 11 is 5.08. The first-order chi connectivity index (χ1) is 11.5. The van der Waals surface area contributed by atoms with Crippen molar-refractivity contribution >= 4 is 45.3 Å². The zero-order valence-corrected chi connectivity index (χ0v) is 13.0. The van der Waals surface area contributed by atoms with Crippen LogP contribution >= 0.6 is 12.2 Å². The SMILES string of the molecule is [O-][NH+](O)c1ccc(NC(=S)N=Nc2c(O)[nH]c3ccccc23)cc1. The van der Waals surface area contributed by atoms with Crippen LogP contribution in [0.25, 0.3) is 10.9 Å². The van der Waals surface area contributed by atoms with Gasteiger partial charge in [0, 0.05) is 23.2 Å². The number of thiocarbonyl (C=S) groups is 1. The molecule has 0 bridgehead atoms. The Labute approximate surface area is 141 Å². The number of aromatic nitrogens is 1. The third kappa shape index (κ3) is 3.39. The minimum atomic E-state index is -1.00. The van der Waals surface area contributed by atoms with Gasteiger partial charge < -0.3 is 20.6 Å². The lowest BCUT2D eigenvalue weighted by atomic mass is 10.2. The number of hydrogen-bond acceptors (Lipinski definition) is 5. The first-order valence-corrected chi connectivity index (χ1v) is 7.31. The van der Waals surface area contributed by atoms with E-state index < -0.39 is 5.23 Å². The average Bonchev–Trinajstić information content (AvgIpc) is 2.88. The van der Waals surface area contributed by atoms with E-state index in [1.54, 1.807) is 18.2 Å². The number of nitrogens with one attached hydrogen (secondary N) is 3. The molecule has 9 heteroatoms. The summed E-state index contributed by atoms with van der Waals surface area (Å²) in [4.78, 5) is 2.80. The number of nitrogens with zero attached hydrogens (tertiary/aromatic N) is 2. The van der Waals surface area contributed by atoms with Gasteiger partial charge in [-0.15, -0.1) is 10.2 Å². The lowest BCUT2D eigenvalue weighted by Crippen LogP contribution is -2.99. The van der Waals surface area contributed by atoms with Crippen LogP contribution in [-0.4, -0.2) is 20.4 Å². The molecule has 3 rings (SSSR count). The van der Waals surface area contributed by atoms with E-state index in [0.717, 1.165) is 10.9 Å². The highest BCUT2D eigenvalue weighted by atomic mass is 32.1. The molecule has 0 spiro atoms. The summed E-state index contributed by atoms with van der Waals surface area (Å²) in [7, 11) is 0. The summed E-state index contributed by atoms with van der Waals surface area (Å²) < 4.78 is 0. The van der Waals surface area contributed by atoms with Gasteiger partial charge in [-0.05, 0) is 30.4 Å². The van der Waals surface area contributed by atoms with Crippen molar-refractivity contribution in [2.24, 2.45) is 10.2 Å². The highest BCUT2D eigenvalue weighted by Crippen LogP contribution is 2.35. The number of rotatable bonds is 3. The van der Waals surface area contributed by atoms with Crippen LogP contribution in [0.15, 0.2) is 58.8 Å². The molecule has 3 aromatic rings. The zero-order chi connectivity index (χ0) is 17.1. The van der Waals surface area contributed by atoms with Crippen molar-refractivity contribution in [3.63, 3.8) is 0 Å². The normalized spacial score (nSPS) is 12.6. The van der Waals surface area contributed by atoms with E-state index >= 15 is 0 Å². The Balaban J connectivity index is 1.74. The smallest absolute Gasteiger partial charge is 0.218 e. The lowest BCUT2D eigenvalue weighted by Gasteiger charge is -2.11. The standard InChI is InChI=1S/C15H13N5O3S/c21-14-13(11-3-1-2-4-12(11)17-14)18-19-15(24)16-9-5-7-10(8-6-9)20(22)23/h1-8,17,20-22H,(H,16,24). The van der Waals surface area contributed by atoms with Gasteiger partial charge >= 0.3 is 0 Å². The second kappa shape index (κ2) is 6.72. The molecule has 122 valence electrons. The molecule has 5 N–H and O–H groups in total. The van der Waals surface area contributed by atoms with E-state index in [4.69, 9.17) is 17.4 Å². The van der Waals surface area contributed by atoms with Gasteiger partial charge in [-0.2, -0.15) is 5.23 Å². The van der Waals surface area contributed by atoms with E-state index in [-0.39, 0.29) is 16.7 Å². The number of aromatic hydroxyl groups is 1. The summed E-state index contributed by atoms with van der Waals surface area (Å²) in [5.74, 6) is -0.0893. The number of fused-ring (bicyclic) bond motifs is 1. The van der Waals surface area contributed by atoms with Crippen LogP contribution in [-0.2, 0) is 0 Å². The molecule has 0 aliphatic rings. The minimum absolute atomic E-state index is 0.0859.